The Labute approximate surface area is 122 Å². The molecular formula is C15H17N3O3. The highest BCUT2D eigenvalue weighted by atomic mass is 16.4. The van der Waals surface area contributed by atoms with Crippen LogP contribution in [0, 0.1) is 5.92 Å². The topological polar surface area (TPSA) is 84.2 Å². The normalized spacial score (nSPS) is 11.9. The molecule has 2 aromatic rings. The van der Waals surface area contributed by atoms with Crippen molar-refractivity contribution in [3.8, 4) is 0 Å². The molecule has 1 aromatic carbocycles. The smallest absolute Gasteiger partial charge is 0.308 e. The molecule has 2 N–H and O–H groups in total. The van der Waals surface area contributed by atoms with Crippen molar-refractivity contribution >= 4 is 11.9 Å². The Morgan fingerprint density at radius 1 is 1.33 bits per heavy atom. The fourth-order valence-corrected chi connectivity index (χ4v) is 1.78. The SMILES string of the molecule is CC(CNC(=O)c1ccc(Cn2cccn2)cc1)C(=O)O. The molecular weight excluding hydrogens is 270 g/mol. The van der Waals surface area contributed by atoms with Crippen molar-refractivity contribution in [1.29, 1.82) is 0 Å². The van der Waals surface area contributed by atoms with E-state index in [0.29, 0.717) is 12.1 Å². The quantitative estimate of drug-likeness (QED) is 0.840. The number of carbonyl (C=O) groups excluding carboxylic acids is 1. The summed E-state index contributed by atoms with van der Waals surface area (Å²) in [5.74, 6) is -1.80. The van der Waals surface area contributed by atoms with E-state index in [1.165, 1.54) is 0 Å². The number of aliphatic carboxylic acids is 1. The number of carboxylic acid groups (broad SMARTS) is 1. The van der Waals surface area contributed by atoms with Gasteiger partial charge in [-0.1, -0.05) is 19.1 Å². The predicted molar refractivity (Wildman–Crippen MR) is 76.9 cm³/mol. The summed E-state index contributed by atoms with van der Waals surface area (Å²) in [7, 11) is 0. The van der Waals surface area contributed by atoms with Gasteiger partial charge < -0.3 is 10.4 Å². The lowest BCUT2D eigenvalue weighted by Gasteiger charge is -2.09. The van der Waals surface area contributed by atoms with Gasteiger partial charge in [0.05, 0.1) is 12.5 Å². The number of benzene rings is 1. The molecule has 1 amide bonds. The van der Waals surface area contributed by atoms with E-state index in [2.05, 4.69) is 10.4 Å². The molecule has 0 aliphatic rings. The first-order valence-corrected chi connectivity index (χ1v) is 6.63. The largest absolute Gasteiger partial charge is 0.481 e. The fourth-order valence-electron chi connectivity index (χ4n) is 1.78. The van der Waals surface area contributed by atoms with E-state index in [-0.39, 0.29) is 12.5 Å². The number of carbonyl (C=O) groups is 2. The number of nitrogens with zero attached hydrogens (tertiary/aromatic N) is 2. The molecule has 1 aromatic heterocycles. The molecule has 0 saturated carbocycles. The molecule has 6 heteroatoms. The lowest BCUT2D eigenvalue weighted by atomic mass is 10.1. The summed E-state index contributed by atoms with van der Waals surface area (Å²) in [5, 5.41) is 15.5. The van der Waals surface area contributed by atoms with Crippen LogP contribution in [0.1, 0.15) is 22.8 Å². The number of hydrogen-bond acceptors (Lipinski definition) is 3. The third-order valence-electron chi connectivity index (χ3n) is 3.11. The lowest BCUT2D eigenvalue weighted by Crippen LogP contribution is -2.31. The van der Waals surface area contributed by atoms with Crippen molar-refractivity contribution in [2.45, 2.75) is 13.5 Å². The summed E-state index contributed by atoms with van der Waals surface area (Å²) in [6, 6.07) is 9.01. The highest BCUT2D eigenvalue weighted by molar-refractivity contribution is 5.94. The Kier molecular flexibility index (Phi) is 4.71. The molecule has 0 radical (unpaired) electrons. The first kappa shape index (κ1) is 14.8. The maximum Gasteiger partial charge on any atom is 0.308 e. The van der Waals surface area contributed by atoms with E-state index in [0.717, 1.165) is 5.56 Å². The fraction of sp³-hybridized carbons (Fsp3) is 0.267. The average Bonchev–Trinajstić information content (AvgIpc) is 2.98. The van der Waals surface area contributed by atoms with Gasteiger partial charge >= 0.3 is 5.97 Å². The second kappa shape index (κ2) is 6.69. The zero-order chi connectivity index (χ0) is 15.2. The van der Waals surface area contributed by atoms with Crippen molar-refractivity contribution < 1.29 is 14.7 Å². The molecule has 2 rings (SSSR count). The summed E-state index contributed by atoms with van der Waals surface area (Å²) in [4.78, 5) is 22.6. The molecule has 0 bridgehead atoms. The van der Waals surface area contributed by atoms with Crippen molar-refractivity contribution in [2.24, 2.45) is 5.92 Å². The molecule has 1 atom stereocenters. The molecule has 0 saturated heterocycles. The minimum atomic E-state index is -0.926. The number of aromatic nitrogens is 2. The first-order chi connectivity index (χ1) is 10.1. The minimum Gasteiger partial charge on any atom is -0.481 e. The van der Waals surface area contributed by atoms with E-state index >= 15 is 0 Å². The van der Waals surface area contributed by atoms with Crippen LogP contribution in [0.4, 0.5) is 0 Å². The van der Waals surface area contributed by atoms with Crippen LogP contribution in [-0.4, -0.2) is 33.3 Å². The number of amides is 1. The van der Waals surface area contributed by atoms with Crippen LogP contribution >= 0.6 is 0 Å². The number of hydrogen-bond donors (Lipinski definition) is 2. The first-order valence-electron chi connectivity index (χ1n) is 6.63. The molecule has 110 valence electrons. The van der Waals surface area contributed by atoms with Crippen LogP contribution in [-0.2, 0) is 11.3 Å². The van der Waals surface area contributed by atoms with Gasteiger partial charge in [-0.15, -0.1) is 0 Å². The zero-order valence-corrected chi connectivity index (χ0v) is 11.7. The van der Waals surface area contributed by atoms with E-state index in [1.807, 2.05) is 24.4 Å². The second-order valence-corrected chi connectivity index (χ2v) is 4.85. The van der Waals surface area contributed by atoms with Gasteiger partial charge in [0.25, 0.3) is 5.91 Å². The van der Waals surface area contributed by atoms with Crippen LogP contribution in [0.3, 0.4) is 0 Å². The third-order valence-corrected chi connectivity index (χ3v) is 3.11. The van der Waals surface area contributed by atoms with Gasteiger partial charge in [0, 0.05) is 24.5 Å². The molecule has 1 heterocycles. The monoisotopic (exact) mass is 287 g/mol. The summed E-state index contributed by atoms with van der Waals surface area (Å²) >= 11 is 0. The van der Waals surface area contributed by atoms with Crippen molar-refractivity contribution in [1.82, 2.24) is 15.1 Å². The average molecular weight is 287 g/mol. The maximum atomic E-state index is 11.9. The number of carboxylic acids is 1. The highest BCUT2D eigenvalue weighted by Crippen LogP contribution is 2.06. The molecule has 0 aliphatic carbocycles. The summed E-state index contributed by atoms with van der Waals surface area (Å²) in [5.41, 5.74) is 1.55. The van der Waals surface area contributed by atoms with Crippen LogP contribution in [0.25, 0.3) is 0 Å². The number of nitrogens with one attached hydrogen (secondary N) is 1. The van der Waals surface area contributed by atoms with Gasteiger partial charge in [0.2, 0.25) is 0 Å². The van der Waals surface area contributed by atoms with Crippen LogP contribution < -0.4 is 5.32 Å². The van der Waals surface area contributed by atoms with Gasteiger partial charge in [-0.25, -0.2) is 0 Å². The van der Waals surface area contributed by atoms with E-state index < -0.39 is 11.9 Å². The van der Waals surface area contributed by atoms with Gasteiger partial charge in [-0.2, -0.15) is 5.10 Å². The summed E-state index contributed by atoms with van der Waals surface area (Å²) in [6.07, 6.45) is 3.58. The van der Waals surface area contributed by atoms with Gasteiger partial charge in [-0.3, -0.25) is 14.3 Å². The standard InChI is InChI=1S/C15H17N3O3/c1-11(15(20)21)9-16-14(19)13-5-3-12(4-6-13)10-18-8-2-7-17-18/h2-8,11H,9-10H2,1H3,(H,16,19)(H,20,21). The molecule has 21 heavy (non-hydrogen) atoms. The van der Waals surface area contributed by atoms with Crippen molar-refractivity contribution in [2.75, 3.05) is 6.54 Å². The van der Waals surface area contributed by atoms with Crippen LogP contribution in [0.15, 0.2) is 42.7 Å². The zero-order valence-electron chi connectivity index (χ0n) is 11.7. The predicted octanol–water partition coefficient (Wildman–Crippen LogP) is 1.38. The lowest BCUT2D eigenvalue weighted by molar-refractivity contribution is -0.140. The molecule has 0 fully saturated rings. The minimum absolute atomic E-state index is 0.114. The van der Waals surface area contributed by atoms with Crippen LogP contribution in [0.5, 0.6) is 0 Å². The third kappa shape index (κ3) is 4.17. The van der Waals surface area contributed by atoms with E-state index in [4.69, 9.17) is 5.11 Å². The molecule has 0 spiro atoms. The molecule has 1 unspecified atom stereocenters. The summed E-state index contributed by atoms with van der Waals surface area (Å²) in [6.45, 7) is 2.31. The van der Waals surface area contributed by atoms with Crippen molar-refractivity contribution in [3.05, 3.63) is 53.9 Å². The van der Waals surface area contributed by atoms with Gasteiger partial charge in [0.1, 0.15) is 0 Å². The van der Waals surface area contributed by atoms with E-state index in [1.54, 1.807) is 29.9 Å². The summed E-state index contributed by atoms with van der Waals surface area (Å²) < 4.78 is 1.80. The Morgan fingerprint density at radius 2 is 2.05 bits per heavy atom. The highest BCUT2D eigenvalue weighted by Gasteiger charge is 2.13. The second-order valence-electron chi connectivity index (χ2n) is 4.85. The Hall–Kier alpha value is -2.63. The Balaban J connectivity index is 1.92. The van der Waals surface area contributed by atoms with Gasteiger partial charge in [-0.05, 0) is 23.8 Å². The number of rotatable bonds is 6. The molecule has 6 nitrogen and oxygen atoms in total. The van der Waals surface area contributed by atoms with Crippen molar-refractivity contribution in [3.63, 3.8) is 0 Å². The van der Waals surface area contributed by atoms with Gasteiger partial charge in [0.15, 0.2) is 0 Å². The van der Waals surface area contributed by atoms with Crippen LogP contribution in [0.2, 0.25) is 0 Å². The maximum absolute atomic E-state index is 11.9. The Bertz CT molecular complexity index is 606. The van der Waals surface area contributed by atoms with E-state index in [9.17, 15) is 9.59 Å². The Morgan fingerprint density at radius 3 is 2.62 bits per heavy atom. The molecule has 0 aliphatic heterocycles.